The van der Waals surface area contributed by atoms with Crippen molar-refractivity contribution in [2.45, 2.75) is 25.9 Å². The number of benzene rings is 1. The summed E-state index contributed by atoms with van der Waals surface area (Å²) in [6.07, 6.45) is 2.44. The number of amides is 2. The SMILES string of the molecule is CCc1nn2cc(F)c(N3CCC4(CN(C(=O)N5CC(O)C5)C4)C3)cc2c1N(C)c1nc(-c2ccc(F)cc2)c(C#N)s1. The number of thiazole rings is 1. The summed E-state index contributed by atoms with van der Waals surface area (Å²) < 4.78 is 30.6. The molecule has 4 aromatic rings. The third-order valence-electron chi connectivity index (χ3n) is 8.77. The van der Waals surface area contributed by atoms with E-state index in [0.717, 1.165) is 23.3 Å². The molecule has 0 bridgehead atoms. The van der Waals surface area contributed by atoms with Crippen LogP contribution in [0.4, 0.5) is 30.1 Å². The summed E-state index contributed by atoms with van der Waals surface area (Å²) in [6.45, 7) is 5.32. The minimum Gasteiger partial charge on any atom is -0.389 e. The second-order valence-electron chi connectivity index (χ2n) is 11.7. The molecule has 0 radical (unpaired) electrons. The molecule has 3 aliphatic rings. The summed E-state index contributed by atoms with van der Waals surface area (Å²) in [4.78, 5) is 25.2. The maximum Gasteiger partial charge on any atom is 0.320 e. The number of fused-ring (bicyclic) bond motifs is 1. The first kappa shape index (κ1) is 27.5. The number of aryl methyl sites for hydroxylation is 1. The molecule has 0 aliphatic carbocycles. The summed E-state index contributed by atoms with van der Waals surface area (Å²) in [5.41, 5.74) is 3.80. The molecule has 2 amide bonds. The third-order valence-corrected chi connectivity index (χ3v) is 9.81. The van der Waals surface area contributed by atoms with Gasteiger partial charge in [-0.3, -0.25) is 0 Å². The van der Waals surface area contributed by atoms with Crippen LogP contribution in [0, 0.1) is 28.4 Å². The maximum atomic E-state index is 15.5. The largest absolute Gasteiger partial charge is 0.389 e. The van der Waals surface area contributed by atoms with Gasteiger partial charge in [0.15, 0.2) is 10.9 Å². The molecular formula is C30H30F2N8O2S. The van der Waals surface area contributed by atoms with Gasteiger partial charge in [0, 0.05) is 44.2 Å². The van der Waals surface area contributed by atoms with Crippen molar-refractivity contribution in [2.75, 3.05) is 56.1 Å². The molecular weight excluding hydrogens is 574 g/mol. The average Bonchev–Trinajstić information content (AvgIpc) is 3.69. The van der Waals surface area contributed by atoms with Gasteiger partial charge in [-0.05, 0) is 43.2 Å². The monoisotopic (exact) mass is 604 g/mol. The van der Waals surface area contributed by atoms with Crippen LogP contribution in [-0.2, 0) is 6.42 Å². The van der Waals surface area contributed by atoms with E-state index < -0.39 is 6.10 Å². The molecule has 1 spiro atoms. The van der Waals surface area contributed by atoms with E-state index >= 15 is 4.39 Å². The van der Waals surface area contributed by atoms with E-state index in [1.165, 1.54) is 29.7 Å². The van der Waals surface area contributed by atoms with Crippen molar-refractivity contribution < 1.29 is 18.7 Å². The highest BCUT2D eigenvalue weighted by Gasteiger charge is 2.51. The fourth-order valence-electron chi connectivity index (χ4n) is 6.47. The number of rotatable bonds is 5. The number of aliphatic hydroxyl groups excluding tert-OH is 1. The van der Waals surface area contributed by atoms with Crippen LogP contribution in [0.15, 0.2) is 36.5 Å². The number of anilines is 3. The number of nitriles is 1. The van der Waals surface area contributed by atoms with Crippen molar-refractivity contribution >= 4 is 39.4 Å². The standard InChI is InChI=1S/C30H30F2N8O2S/c1-3-22-27(36(2)28-34-26(25(11-33)43-28)18-4-6-19(31)7-5-18)24-10-23(21(32)14-40(24)35-22)37-9-8-30(15-37)16-39(17-30)29(42)38-12-20(41)13-38/h4-7,10,14,20,41H,3,8-9,12-13,15-17H2,1-2H3. The first-order valence-electron chi connectivity index (χ1n) is 14.3. The van der Waals surface area contributed by atoms with Gasteiger partial charge in [0.2, 0.25) is 0 Å². The fourth-order valence-corrected chi connectivity index (χ4v) is 7.33. The third kappa shape index (κ3) is 4.56. The summed E-state index contributed by atoms with van der Waals surface area (Å²) >= 11 is 1.23. The van der Waals surface area contributed by atoms with E-state index in [4.69, 9.17) is 4.98 Å². The Hall–Kier alpha value is -4.28. The summed E-state index contributed by atoms with van der Waals surface area (Å²) in [7, 11) is 1.86. The Morgan fingerprint density at radius 3 is 2.63 bits per heavy atom. The number of hydrogen-bond acceptors (Lipinski definition) is 8. The van der Waals surface area contributed by atoms with E-state index in [1.807, 2.05) is 29.8 Å². The molecule has 10 nitrogen and oxygen atoms in total. The van der Waals surface area contributed by atoms with E-state index in [-0.39, 0.29) is 23.1 Å². The van der Waals surface area contributed by atoms with Gasteiger partial charge in [0.1, 0.15) is 22.5 Å². The molecule has 6 heterocycles. The van der Waals surface area contributed by atoms with Crippen molar-refractivity contribution in [1.29, 1.82) is 5.26 Å². The number of nitrogens with zero attached hydrogens (tertiary/aromatic N) is 8. The number of aromatic nitrogens is 3. The number of pyridine rings is 1. The predicted octanol–water partition coefficient (Wildman–Crippen LogP) is 4.25. The number of β-amino-alcohol motifs (C(OH)–C–C–N with tert-alkyl or cyclic N) is 1. The first-order chi connectivity index (χ1) is 20.7. The number of halogens is 2. The number of urea groups is 1. The average molecular weight is 605 g/mol. The zero-order chi connectivity index (χ0) is 30.0. The van der Waals surface area contributed by atoms with Crippen LogP contribution in [0.3, 0.4) is 0 Å². The van der Waals surface area contributed by atoms with Gasteiger partial charge in [0.25, 0.3) is 0 Å². The van der Waals surface area contributed by atoms with Gasteiger partial charge in [-0.15, -0.1) is 0 Å². The van der Waals surface area contributed by atoms with Crippen LogP contribution in [0.25, 0.3) is 16.8 Å². The molecule has 0 unspecified atom stereocenters. The Morgan fingerprint density at radius 1 is 1.21 bits per heavy atom. The van der Waals surface area contributed by atoms with Gasteiger partial charge < -0.3 is 24.7 Å². The van der Waals surface area contributed by atoms with E-state index in [1.54, 1.807) is 21.5 Å². The molecule has 3 saturated heterocycles. The zero-order valence-electron chi connectivity index (χ0n) is 23.8. The minimum atomic E-state index is -0.430. The van der Waals surface area contributed by atoms with Crippen LogP contribution < -0.4 is 9.80 Å². The summed E-state index contributed by atoms with van der Waals surface area (Å²) in [6, 6.07) is 9.90. The highest BCUT2D eigenvalue weighted by atomic mass is 32.1. The van der Waals surface area contributed by atoms with Crippen LogP contribution in [-0.4, -0.2) is 88.0 Å². The summed E-state index contributed by atoms with van der Waals surface area (Å²) in [5, 5.41) is 24.6. The van der Waals surface area contributed by atoms with Crippen molar-refractivity contribution in [3.8, 4) is 17.3 Å². The molecule has 0 saturated carbocycles. The molecule has 3 aromatic heterocycles. The minimum absolute atomic E-state index is 0.0367. The topological polar surface area (TPSA) is 104 Å². The summed E-state index contributed by atoms with van der Waals surface area (Å²) in [5.74, 6) is -0.735. The van der Waals surface area contributed by atoms with E-state index in [0.29, 0.717) is 72.6 Å². The smallest absolute Gasteiger partial charge is 0.320 e. The van der Waals surface area contributed by atoms with Crippen LogP contribution >= 0.6 is 11.3 Å². The van der Waals surface area contributed by atoms with Gasteiger partial charge in [0.05, 0.1) is 48.0 Å². The fraction of sp³-hybridized carbons (Fsp3) is 0.400. The number of likely N-dealkylation sites (tertiary alicyclic amines) is 2. The van der Waals surface area contributed by atoms with Crippen molar-refractivity contribution in [3.63, 3.8) is 0 Å². The Bertz CT molecular complexity index is 1770. The van der Waals surface area contributed by atoms with Crippen molar-refractivity contribution in [3.05, 3.63) is 58.7 Å². The van der Waals surface area contributed by atoms with Gasteiger partial charge >= 0.3 is 6.03 Å². The molecule has 3 fully saturated rings. The molecule has 3 aliphatic heterocycles. The van der Waals surface area contributed by atoms with E-state index in [9.17, 15) is 19.6 Å². The number of hydrogen-bond donors (Lipinski definition) is 1. The van der Waals surface area contributed by atoms with Gasteiger partial charge in [-0.2, -0.15) is 10.4 Å². The van der Waals surface area contributed by atoms with Crippen LogP contribution in [0.5, 0.6) is 0 Å². The quantitative estimate of drug-likeness (QED) is 0.363. The Balaban J connectivity index is 1.17. The van der Waals surface area contributed by atoms with Crippen LogP contribution in [0.1, 0.15) is 23.9 Å². The Morgan fingerprint density at radius 2 is 1.95 bits per heavy atom. The lowest BCUT2D eigenvalue weighted by Gasteiger charge is -2.51. The van der Waals surface area contributed by atoms with E-state index in [2.05, 4.69) is 16.1 Å². The zero-order valence-corrected chi connectivity index (χ0v) is 24.6. The second-order valence-corrected chi connectivity index (χ2v) is 12.7. The lowest BCUT2D eigenvalue weighted by Crippen LogP contribution is -2.66. The highest BCUT2D eigenvalue weighted by Crippen LogP contribution is 2.44. The number of carbonyl (C=O) groups excluding carboxylic acids is 1. The predicted molar refractivity (Wildman–Crippen MR) is 159 cm³/mol. The molecule has 1 N–H and O–H groups in total. The van der Waals surface area contributed by atoms with Gasteiger partial charge in [-0.25, -0.2) is 23.1 Å². The second kappa shape index (κ2) is 10.2. The molecule has 13 heteroatoms. The molecule has 43 heavy (non-hydrogen) atoms. The van der Waals surface area contributed by atoms with Crippen molar-refractivity contribution in [1.82, 2.24) is 24.4 Å². The molecule has 222 valence electrons. The lowest BCUT2D eigenvalue weighted by atomic mass is 9.79. The maximum absolute atomic E-state index is 15.5. The highest BCUT2D eigenvalue weighted by molar-refractivity contribution is 7.16. The van der Waals surface area contributed by atoms with Crippen molar-refractivity contribution in [2.24, 2.45) is 5.41 Å². The van der Waals surface area contributed by atoms with Gasteiger partial charge in [-0.1, -0.05) is 18.3 Å². The Labute approximate surface area is 251 Å². The Kier molecular flexibility index (Phi) is 6.51. The first-order valence-corrected chi connectivity index (χ1v) is 15.1. The molecule has 1 aromatic carbocycles. The molecule has 0 atom stereocenters. The molecule has 7 rings (SSSR count). The normalized spacial score (nSPS) is 17.8. The van der Waals surface area contributed by atoms with Crippen LogP contribution in [0.2, 0.25) is 0 Å². The number of carbonyl (C=O) groups is 1. The lowest BCUT2D eigenvalue weighted by molar-refractivity contribution is -0.0161. The number of aliphatic hydroxyl groups is 1.